The average molecular weight is 341 g/mol. The summed E-state index contributed by atoms with van der Waals surface area (Å²) in [6.45, 7) is 0.444. The van der Waals surface area contributed by atoms with E-state index in [2.05, 4.69) is 0 Å². The molecule has 3 aromatic rings. The van der Waals surface area contributed by atoms with Crippen LogP contribution in [0.3, 0.4) is 0 Å². The quantitative estimate of drug-likeness (QED) is 0.744. The van der Waals surface area contributed by atoms with Gasteiger partial charge in [-0.05, 0) is 16.7 Å². The van der Waals surface area contributed by atoms with Crippen LogP contribution in [-0.2, 0) is 11.3 Å². The monoisotopic (exact) mass is 341 g/mol. The number of hydrogen-bond donors (Lipinski definition) is 1. The third-order valence-electron chi connectivity index (χ3n) is 4.70. The number of nitrogens with zero attached hydrogens (tertiary/aromatic N) is 1. The van der Waals surface area contributed by atoms with Crippen molar-refractivity contribution in [2.45, 2.75) is 12.6 Å². The van der Waals surface area contributed by atoms with Gasteiger partial charge in [-0.2, -0.15) is 0 Å². The minimum atomic E-state index is -0.332. The van der Waals surface area contributed by atoms with Gasteiger partial charge in [0.15, 0.2) is 5.76 Å². The van der Waals surface area contributed by atoms with Gasteiger partial charge in [-0.15, -0.1) is 0 Å². The Morgan fingerprint density at radius 2 is 1.31 bits per heavy atom. The smallest absolute Gasteiger partial charge is 0.290 e. The first kappa shape index (κ1) is 16.2. The van der Waals surface area contributed by atoms with Crippen LogP contribution in [0.1, 0.15) is 22.7 Å². The van der Waals surface area contributed by atoms with Crippen molar-refractivity contribution in [2.75, 3.05) is 0 Å². The molecule has 128 valence electrons. The van der Waals surface area contributed by atoms with Crippen molar-refractivity contribution in [1.82, 2.24) is 4.90 Å². The standard InChI is InChI=1S/C23H19NO2/c25-22-20(18-12-6-2-7-13-18)21(19-14-8-3-9-15-19)24(23(22)26)16-17-10-4-1-5-11-17/h1-15,21,25H,16H2/t21-/m1/s1. The third kappa shape index (κ3) is 2.88. The Kier molecular flexibility index (Phi) is 4.28. The van der Waals surface area contributed by atoms with E-state index in [1.165, 1.54) is 0 Å². The number of aliphatic hydroxyl groups is 1. The molecule has 0 fully saturated rings. The summed E-state index contributed by atoms with van der Waals surface area (Å²) in [4.78, 5) is 14.6. The average Bonchev–Trinajstić information content (AvgIpc) is 2.95. The molecule has 0 spiro atoms. The van der Waals surface area contributed by atoms with Gasteiger partial charge in [-0.25, -0.2) is 0 Å². The molecule has 1 amide bonds. The van der Waals surface area contributed by atoms with Gasteiger partial charge < -0.3 is 10.0 Å². The van der Waals surface area contributed by atoms with Gasteiger partial charge in [-0.3, -0.25) is 4.79 Å². The maximum absolute atomic E-state index is 12.9. The highest BCUT2D eigenvalue weighted by Gasteiger charge is 2.40. The number of rotatable bonds is 4. The number of hydrogen-bond acceptors (Lipinski definition) is 2. The summed E-state index contributed by atoms with van der Waals surface area (Å²) in [7, 11) is 0. The molecule has 4 rings (SSSR count). The Balaban J connectivity index is 1.81. The van der Waals surface area contributed by atoms with Crippen LogP contribution in [0.25, 0.3) is 5.57 Å². The first-order valence-corrected chi connectivity index (χ1v) is 8.64. The number of benzene rings is 3. The zero-order chi connectivity index (χ0) is 17.9. The van der Waals surface area contributed by atoms with Crippen molar-refractivity contribution in [1.29, 1.82) is 0 Å². The molecule has 1 aliphatic heterocycles. The minimum absolute atomic E-state index is 0.166. The second kappa shape index (κ2) is 6.89. The molecular formula is C23H19NO2. The number of aliphatic hydroxyl groups excluding tert-OH is 1. The van der Waals surface area contributed by atoms with E-state index in [9.17, 15) is 9.90 Å². The zero-order valence-corrected chi connectivity index (χ0v) is 14.2. The topological polar surface area (TPSA) is 40.5 Å². The minimum Gasteiger partial charge on any atom is -0.503 e. The Hall–Kier alpha value is -3.33. The lowest BCUT2D eigenvalue weighted by atomic mass is 9.93. The molecule has 0 radical (unpaired) electrons. The molecule has 0 unspecified atom stereocenters. The molecule has 0 saturated heterocycles. The summed E-state index contributed by atoms with van der Waals surface area (Å²) in [6.07, 6.45) is 0. The molecule has 1 heterocycles. The van der Waals surface area contributed by atoms with E-state index in [0.29, 0.717) is 12.1 Å². The summed E-state index contributed by atoms with van der Waals surface area (Å²) in [5.74, 6) is -0.498. The van der Waals surface area contributed by atoms with Crippen LogP contribution in [0.2, 0.25) is 0 Å². The molecule has 3 nitrogen and oxygen atoms in total. The number of carbonyl (C=O) groups excluding carboxylic acids is 1. The highest BCUT2D eigenvalue weighted by atomic mass is 16.3. The molecule has 3 heteroatoms. The molecule has 1 aliphatic rings. The molecule has 1 atom stereocenters. The maximum Gasteiger partial charge on any atom is 0.290 e. The van der Waals surface area contributed by atoms with E-state index in [4.69, 9.17) is 0 Å². The fourth-order valence-corrected chi connectivity index (χ4v) is 3.49. The molecular weight excluding hydrogens is 322 g/mol. The summed E-state index contributed by atoms with van der Waals surface area (Å²) in [5.41, 5.74) is 3.55. The molecule has 0 aliphatic carbocycles. The van der Waals surface area contributed by atoms with Gasteiger partial charge in [-0.1, -0.05) is 91.0 Å². The van der Waals surface area contributed by atoms with E-state index in [-0.39, 0.29) is 17.7 Å². The summed E-state index contributed by atoms with van der Waals surface area (Å²) < 4.78 is 0. The summed E-state index contributed by atoms with van der Waals surface area (Å²) >= 11 is 0. The van der Waals surface area contributed by atoms with Gasteiger partial charge >= 0.3 is 0 Å². The molecule has 0 bridgehead atoms. The fraction of sp³-hybridized carbons (Fsp3) is 0.0870. The molecule has 26 heavy (non-hydrogen) atoms. The van der Waals surface area contributed by atoms with E-state index >= 15 is 0 Å². The molecule has 1 N–H and O–H groups in total. The Labute approximate surface area is 152 Å². The van der Waals surface area contributed by atoms with Gasteiger partial charge in [0.2, 0.25) is 0 Å². The Morgan fingerprint density at radius 1 is 0.769 bits per heavy atom. The third-order valence-corrected chi connectivity index (χ3v) is 4.70. The second-order valence-corrected chi connectivity index (χ2v) is 6.36. The predicted molar refractivity (Wildman–Crippen MR) is 102 cm³/mol. The first-order chi connectivity index (χ1) is 12.8. The van der Waals surface area contributed by atoms with Gasteiger partial charge in [0.05, 0.1) is 6.04 Å². The van der Waals surface area contributed by atoms with Crippen LogP contribution in [0.15, 0.2) is 96.8 Å². The molecule has 0 aromatic heterocycles. The highest BCUT2D eigenvalue weighted by Crippen LogP contribution is 2.43. The summed E-state index contributed by atoms with van der Waals surface area (Å²) in [6, 6.07) is 29.0. The number of carbonyl (C=O) groups is 1. The SMILES string of the molecule is O=C1C(O)=C(c2ccccc2)[C@@H](c2ccccc2)N1Cc1ccccc1. The Morgan fingerprint density at radius 3 is 1.92 bits per heavy atom. The second-order valence-electron chi connectivity index (χ2n) is 6.36. The van der Waals surface area contributed by atoms with Crippen LogP contribution in [0.4, 0.5) is 0 Å². The Bertz CT molecular complexity index is 934. The van der Waals surface area contributed by atoms with E-state index < -0.39 is 0 Å². The maximum atomic E-state index is 12.9. The van der Waals surface area contributed by atoms with Crippen molar-refractivity contribution >= 4 is 11.5 Å². The van der Waals surface area contributed by atoms with Crippen LogP contribution in [0.5, 0.6) is 0 Å². The summed E-state index contributed by atoms with van der Waals surface area (Å²) in [5, 5.41) is 10.7. The number of amides is 1. The van der Waals surface area contributed by atoms with Gasteiger partial charge in [0.25, 0.3) is 5.91 Å². The van der Waals surface area contributed by atoms with E-state index in [1.54, 1.807) is 4.90 Å². The predicted octanol–water partition coefficient (Wildman–Crippen LogP) is 4.74. The highest BCUT2D eigenvalue weighted by molar-refractivity contribution is 6.05. The van der Waals surface area contributed by atoms with Crippen molar-refractivity contribution in [3.05, 3.63) is 113 Å². The lowest BCUT2D eigenvalue weighted by molar-refractivity contribution is -0.130. The normalized spacial score (nSPS) is 17.0. The van der Waals surface area contributed by atoms with Crippen LogP contribution >= 0.6 is 0 Å². The lowest BCUT2D eigenvalue weighted by Gasteiger charge is -2.27. The largest absolute Gasteiger partial charge is 0.503 e. The van der Waals surface area contributed by atoms with Crippen LogP contribution in [-0.4, -0.2) is 15.9 Å². The lowest BCUT2D eigenvalue weighted by Crippen LogP contribution is -2.29. The van der Waals surface area contributed by atoms with Crippen molar-refractivity contribution in [3.63, 3.8) is 0 Å². The zero-order valence-electron chi connectivity index (χ0n) is 14.2. The fourth-order valence-electron chi connectivity index (χ4n) is 3.49. The van der Waals surface area contributed by atoms with Crippen molar-refractivity contribution in [2.24, 2.45) is 0 Å². The van der Waals surface area contributed by atoms with E-state index in [0.717, 1.165) is 16.7 Å². The van der Waals surface area contributed by atoms with Crippen molar-refractivity contribution < 1.29 is 9.90 Å². The molecule has 0 saturated carbocycles. The first-order valence-electron chi connectivity index (χ1n) is 8.64. The van der Waals surface area contributed by atoms with E-state index in [1.807, 2.05) is 91.0 Å². The van der Waals surface area contributed by atoms with Crippen molar-refractivity contribution in [3.8, 4) is 0 Å². The van der Waals surface area contributed by atoms with Crippen LogP contribution in [0, 0.1) is 0 Å². The van der Waals surface area contributed by atoms with Gasteiger partial charge in [0, 0.05) is 12.1 Å². The van der Waals surface area contributed by atoms with Crippen LogP contribution < -0.4 is 0 Å². The molecule has 3 aromatic carbocycles. The van der Waals surface area contributed by atoms with Gasteiger partial charge in [0.1, 0.15) is 0 Å².